The topological polar surface area (TPSA) is 181 Å². The van der Waals surface area contributed by atoms with Crippen LogP contribution in [0, 0.1) is 23.4 Å². The molecule has 302 valence electrons. The van der Waals surface area contributed by atoms with Gasteiger partial charge in [-0.05, 0) is 76.3 Å². The first-order chi connectivity index (χ1) is 26.4. The highest BCUT2D eigenvalue weighted by Gasteiger charge is 2.62. The van der Waals surface area contributed by atoms with Gasteiger partial charge in [0.25, 0.3) is 15.9 Å². The van der Waals surface area contributed by atoms with Gasteiger partial charge in [-0.25, -0.2) is 35.9 Å². The molecular weight excluding hydrogens is 760 g/mol. The number of allylic oxidation sites excluding steroid dienone is 1. The number of ether oxygens (including phenoxy) is 2. The van der Waals surface area contributed by atoms with Gasteiger partial charge in [0.1, 0.15) is 35.1 Å². The summed E-state index contributed by atoms with van der Waals surface area (Å²) in [5.74, 6) is -6.57. The predicted octanol–water partition coefficient (Wildman–Crippen LogP) is 4.32. The van der Waals surface area contributed by atoms with Gasteiger partial charge in [-0.15, -0.1) is 0 Å². The standard InChI is InChI=1S/C38H44F3N5O9S/c1-37(2,3)55-35(50)42-30-13-8-6-4-5-7-11-23-18-38(23,34(49)44-56(52,53)25-14-15-28(40)29(41)17-25)43-32(47)31-16-24(20-46(31)33(30)48)54-36(51)45-19-22-10-9-12-27(39)26(22)21-45/h7,9-12,14-15,17,23-24,30-31H,4-6,8,13,16,18-21H2,1-3H3,(H,42,50)(H,43,47)(H,44,49)/b11-7-/t23-,24-,30+,31+,38-/m1/s1. The Kier molecular flexibility index (Phi) is 11.4. The Balaban J connectivity index is 1.27. The van der Waals surface area contributed by atoms with Crippen molar-refractivity contribution in [3.8, 4) is 0 Å². The summed E-state index contributed by atoms with van der Waals surface area (Å²) in [7, 11) is -4.74. The lowest BCUT2D eigenvalue weighted by atomic mass is 10.0. The number of carbonyl (C=O) groups is 5. The van der Waals surface area contributed by atoms with Gasteiger partial charge >= 0.3 is 12.2 Å². The van der Waals surface area contributed by atoms with Crippen molar-refractivity contribution in [1.82, 2.24) is 25.2 Å². The van der Waals surface area contributed by atoms with Crippen molar-refractivity contribution >= 4 is 39.9 Å². The number of fused-ring (bicyclic) bond motifs is 3. The maximum absolute atomic E-state index is 14.4. The van der Waals surface area contributed by atoms with Crippen LogP contribution in [0.5, 0.6) is 0 Å². The quantitative estimate of drug-likeness (QED) is 0.371. The molecule has 1 saturated heterocycles. The van der Waals surface area contributed by atoms with Crippen LogP contribution in [0.4, 0.5) is 22.8 Å². The third kappa shape index (κ3) is 8.95. The molecule has 6 rings (SSSR count). The molecule has 1 saturated carbocycles. The Labute approximate surface area is 322 Å². The van der Waals surface area contributed by atoms with E-state index in [9.17, 15) is 45.6 Å². The normalized spacial score (nSPS) is 26.0. The summed E-state index contributed by atoms with van der Waals surface area (Å²) in [5.41, 5.74) is -1.75. The van der Waals surface area contributed by atoms with E-state index in [2.05, 4.69) is 10.6 Å². The fourth-order valence-corrected chi connectivity index (χ4v) is 8.31. The van der Waals surface area contributed by atoms with Gasteiger partial charge in [-0.1, -0.05) is 37.1 Å². The van der Waals surface area contributed by atoms with Gasteiger partial charge in [0.2, 0.25) is 11.8 Å². The minimum atomic E-state index is -4.74. The molecule has 3 N–H and O–H groups in total. The monoisotopic (exact) mass is 803 g/mol. The molecule has 3 aliphatic heterocycles. The molecule has 3 heterocycles. The fourth-order valence-electron chi connectivity index (χ4n) is 7.26. The van der Waals surface area contributed by atoms with Gasteiger partial charge < -0.3 is 25.0 Å². The van der Waals surface area contributed by atoms with Crippen LogP contribution in [0.1, 0.15) is 76.8 Å². The molecule has 5 amide bonds. The summed E-state index contributed by atoms with van der Waals surface area (Å²) in [6.07, 6.45) is 3.08. The molecule has 14 nitrogen and oxygen atoms in total. The molecule has 0 spiro atoms. The predicted molar refractivity (Wildman–Crippen MR) is 192 cm³/mol. The van der Waals surface area contributed by atoms with Crippen LogP contribution in [0.2, 0.25) is 0 Å². The molecule has 4 aliphatic rings. The SMILES string of the molecule is CC(C)(C)OC(=O)N[C@H]1CCCCC/C=C\[C@@H]2C[C@@]2(C(=O)NS(=O)(=O)c2ccc(F)c(F)c2)NC(=O)[C@@H]2C[C@@H](OC(=O)N3Cc4cccc(F)c4C3)CN2C1=O. The Morgan fingerprint density at radius 1 is 0.982 bits per heavy atom. The number of amides is 5. The van der Waals surface area contributed by atoms with Gasteiger partial charge in [-0.3, -0.25) is 19.3 Å². The fraction of sp³-hybridized carbons (Fsp3) is 0.500. The van der Waals surface area contributed by atoms with Crippen LogP contribution in [0.3, 0.4) is 0 Å². The number of hydrogen-bond acceptors (Lipinski definition) is 9. The first-order valence-electron chi connectivity index (χ1n) is 18.4. The smallest absolute Gasteiger partial charge is 0.410 e. The zero-order chi connectivity index (χ0) is 40.6. The summed E-state index contributed by atoms with van der Waals surface area (Å²) in [6.45, 7) is 4.72. The van der Waals surface area contributed by atoms with Crippen molar-refractivity contribution < 1.29 is 55.0 Å². The van der Waals surface area contributed by atoms with E-state index in [4.69, 9.17) is 9.47 Å². The molecule has 18 heteroatoms. The molecular formula is C38H44F3N5O9S. The number of alkyl carbamates (subject to hydrolysis) is 1. The molecule has 0 unspecified atom stereocenters. The molecule has 0 aromatic heterocycles. The van der Waals surface area contributed by atoms with Crippen molar-refractivity contribution in [3.63, 3.8) is 0 Å². The van der Waals surface area contributed by atoms with Crippen LogP contribution < -0.4 is 15.4 Å². The molecule has 2 aromatic rings. The molecule has 0 radical (unpaired) electrons. The average molecular weight is 804 g/mol. The number of hydrogen-bond donors (Lipinski definition) is 3. The summed E-state index contributed by atoms with van der Waals surface area (Å²) >= 11 is 0. The average Bonchev–Trinajstić information content (AvgIpc) is 3.41. The second kappa shape index (κ2) is 15.8. The number of nitrogens with one attached hydrogen (secondary N) is 3. The van der Waals surface area contributed by atoms with Gasteiger partial charge in [0, 0.05) is 24.4 Å². The minimum Gasteiger partial charge on any atom is -0.444 e. The number of benzene rings is 2. The van der Waals surface area contributed by atoms with Gasteiger partial charge in [-0.2, -0.15) is 0 Å². The zero-order valence-corrected chi connectivity index (χ0v) is 31.9. The first kappa shape index (κ1) is 40.5. The minimum absolute atomic E-state index is 0.0254. The van der Waals surface area contributed by atoms with E-state index in [0.29, 0.717) is 48.9 Å². The lowest BCUT2D eigenvalue weighted by Crippen LogP contribution is -2.58. The summed E-state index contributed by atoms with van der Waals surface area (Å²) < 4.78 is 81.3. The van der Waals surface area contributed by atoms with Crippen molar-refractivity contribution in [2.75, 3.05) is 6.54 Å². The largest absolute Gasteiger partial charge is 0.444 e. The number of sulfonamides is 1. The van der Waals surface area contributed by atoms with Crippen LogP contribution in [0.15, 0.2) is 53.4 Å². The van der Waals surface area contributed by atoms with Gasteiger partial charge in [0.15, 0.2) is 11.6 Å². The summed E-state index contributed by atoms with van der Waals surface area (Å²) in [5, 5.41) is 5.28. The molecule has 2 aromatic carbocycles. The third-order valence-corrected chi connectivity index (χ3v) is 11.5. The Hall–Kier alpha value is -5.13. The maximum atomic E-state index is 14.4. The van der Waals surface area contributed by atoms with Crippen molar-refractivity contribution in [1.29, 1.82) is 0 Å². The Bertz CT molecular complexity index is 2060. The Morgan fingerprint density at radius 3 is 2.46 bits per heavy atom. The second-order valence-corrected chi connectivity index (χ2v) is 17.2. The van der Waals surface area contributed by atoms with Crippen LogP contribution in [0.25, 0.3) is 0 Å². The molecule has 1 aliphatic carbocycles. The van der Waals surface area contributed by atoms with E-state index in [1.165, 1.54) is 17.0 Å². The molecule has 2 fully saturated rings. The first-order valence-corrected chi connectivity index (χ1v) is 19.9. The van der Waals surface area contributed by atoms with Crippen molar-refractivity contribution in [2.24, 2.45) is 5.92 Å². The molecule has 0 bridgehead atoms. The molecule has 56 heavy (non-hydrogen) atoms. The van der Waals surface area contributed by atoms with Crippen molar-refractivity contribution in [2.45, 2.75) is 113 Å². The summed E-state index contributed by atoms with van der Waals surface area (Å²) in [4.78, 5) is 70.4. The number of halogens is 3. The lowest BCUT2D eigenvalue weighted by molar-refractivity contribution is -0.141. The molecule has 5 atom stereocenters. The van der Waals surface area contributed by atoms with Gasteiger partial charge in [0.05, 0.1) is 18.0 Å². The van der Waals surface area contributed by atoms with E-state index in [0.717, 1.165) is 11.0 Å². The summed E-state index contributed by atoms with van der Waals surface area (Å²) in [6, 6.07) is 3.79. The third-order valence-electron chi connectivity index (χ3n) is 10.2. The van der Waals surface area contributed by atoms with Crippen LogP contribution in [-0.2, 0) is 47.0 Å². The van der Waals surface area contributed by atoms with Crippen LogP contribution in [-0.4, -0.2) is 84.0 Å². The highest BCUT2D eigenvalue weighted by Crippen LogP contribution is 2.46. The van der Waals surface area contributed by atoms with E-state index in [-0.39, 0.29) is 38.9 Å². The second-order valence-electron chi connectivity index (χ2n) is 15.5. The number of carbonyl (C=O) groups excluding carboxylic acids is 5. The van der Waals surface area contributed by atoms with E-state index >= 15 is 0 Å². The van der Waals surface area contributed by atoms with E-state index in [1.54, 1.807) is 39.0 Å². The number of rotatable bonds is 5. The van der Waals surface area contributed by atoms with Crippen LogP contribution >= 0.6 is 0 Å². The lowest BCUT2D eigenvalue weighted by Gasteiger charge is -2.30. The zero-order valence-electron chi connectivity index (χ0n) is 31.1. The number of nitrogens with zero attached hydrogens (tertiary/aromatic N) is 2. The van der Waals surface area contributed by atoms with E-state index in [1.807, 2.05) is 4.72 Å². The van der Waals surface area contributed by atoms with E-state index < -0.39 is 97.5 Å². The highest BCUT2D eigenvalue weighted by molar-refractivity contribution is 7.90. The highest BCUT2D eigenvalue weighted by atomic mass is 32.2. The van der Waals surface area contributed by atoms with Crippen molar-refractivity contribution in [3.05, 3.63) is 77.1 Å². The maximum Gasteiger partial charge on any atom is 0.410 e. The Morgan fingerprint density at radius 2 is 1.75 bits per heavy atom.